The number of ether oxygens (including phenoxy) is 1. The number of carbonyl (C=O) groups is 1. The molecule has 0 aromatic heterocycles. The van der Waals surface area contributed by atoms with Crippen LogP contribution in [0.25, 0.3) is 0 Å². The van der Waals surface area contributed by atoms with Crippen LogP contribution < -0.4 is 14.8 Å². The molecule has 152 valence electrons. The molecule has 1 amide bonds. The lowest BCUT2D eigenvalue weighted by atomic mass is 10.2. The first kappa shape index (κ1) is 22.8. The second kappa shape index (κ2) is 9.80. The molecule has 2 aromatic carbocycles. The van der Waals surface area contributed by atoms with Crippen LogP contribution in [0.4, 0.5) is 5.69 Å². The Morgan fingerprint density at radius 2 is 1.82 bits per heavy atom. The van der Waals surface area contributed by atoms with Crippen molar-refractivity contribution in [2.75, 3.05) is 18.5 Å². The second-order valence-corrected chi connectivity index (χ2v) is 9.24. The van der Waals surface area contributed by atoms with Gasteiger partial charge in [0.1, 0.15) is 5.75 Å². The lowest BCUT2D eigenvalue weighted by molar-refractivity contribution is -0.118. The molecular weight excluding hydrogens is 447 g/mol. The summed E-state index contributed by atoms with van der Waals surface area (Å²) in [5, 5.41) is 3.18. The van der Waals surface area contributed by atoms with Gasteiger partial charge >= 0.3 is 0 Å². The minimum absolute atomic E-state index is 0.0145. The van der Waals surface area contributed by atoms with E-state index in [-0.39, 0.29) is 33.2 Å². The number of hydrogen-bond acceptors (Lipinski definition) is 4. The highest BCUT2D eigenvalue weighted by Crippen LogP contribution is 2.30. The maximum Gasteiger partial charge on any atom is 0.262 e. The molecule has 6 nitrogen and oxygen atoms in total. The van der Waals surface area contributed by atoms with Gasteiger partial charge in [-0.25, -0.2) is 13.1 Å². The van der Waals surface area contributed by atoms with Gasteiger partial charge in [-0.1, -0.05) is 54.7 Å². The number of carbonyl (C=O) groups excluding carboxylic acids is 1. The van der Waals surface area contributed by atoms with Gasteiger partial charge in [-0.05, 0) is 36.2 Å². The highest BCUT2D eigenvalue weighted by Gasteiger charge is 2.17. The van der Waals surface area contributed by atoms with Crippen LogP contribution in [0.2, 0.25) is 15.1 Å². The number of hydrogen-bond donors (Lipinski definition) is 2. The molecule has 0 fully saturated rings. The van der Waals surface area contributed by atoms with Crippen molar-refractivity contribution in [1.29, 1.82) is 0 Å². The summed E-state index contributed by atoms with van der Waals surface area (Å²) in [4.78, 5) is 12.1. The van der Waals surface area contributed by atoms with Crippen molar-refractivity contribution >= 4 is 56.4 Å². The Kier molecular flexibility index (Phi) is 7.97. The van der Waals surface area contributed by atoms with E-state index >= 15 is 0 Å². The lowest BCUT2D eigenvalue weighted by Crippen LogP contribution is -2.27. The zero-order chi connectivity index (χ0) is 20.9. The normalized spacial score (nSPS) is 11.5. The van der Waals surface area contributed by atoms with Crippen LogP contribution >= 0.6 is 34.8 Å². The number of nitrogens with one attached hydrogen (secondary N) is 2. The van der Waals surface area contributed by atoms with E-state index < -0.39 is 15.9 Å². The summed E-state index contributed by atoms with van der Waals surface area (Å²) in [6, 6.07) is 8.87. The largest absolute Gasteiger partial charge is 0.482 e. The van der Waals surface area contributed by atoms with E-state index in [1.807, 2.05) is 13.8 Å². The van der Waals surface area contributed by atoms with E-state index in [4.69, 9.17) is 39.5 Å². The predicted octanol–water partition coefficient (Wildman–Crippen LogP) is 4.60. The van der Waals surface area contributed by atoms with Gasteiger partial charge in [0.15, 0.2) is 6.61 Å². The molecule has 0 saturated carbocycles. The summed E-state index contributed by atoms with van der Waals surface area (Å²) in [6.45, 7) is 3.76. The number of sulfonamides is 1. The third kappa shape index (κ3) is 6.25. The van der Waals surface area contributed by atoms with Crippen LogP contribution in [0.15, 0.2) is 41.3 Å². The fourth-order valence-electron chi connectivity index (χ4n) is 2.06. The van der Waals surface area contributed by atoms with Crippen molar-refractivity contribution in [3.05, 3.63) is 51.5 Å². The molecule has 0 heterocycles. The number of anilines is 1. The molecule has 0 aliphatic carbocycles. The predicted molar refractivity (Wildman–Crippen MR) is 112 cm³/mol. The molecule has 0 atom stereocenters. The number of halogens is 3. The minimum atomic E-state index is -3.67. The fraction of sp³-hybridized carbons (Fsp3) is 0.278. The monoisotopic (exact) mass is 464 g/mol. The summed E-state index contributed by atoms with van der Waals surface area (Å²) in [6.07, 6.45) is 0. The van der Waals surface area contributed by atoms with Gasteiger partial charge in [0.05, 0.1) is 25.7 Å². The topological polar surface area (TPSA) is 84.5 Å². The molecule has 0 bridgehead atoms. The maximum atomic E-state index is 12.2. The first-order valence-electron chi connectivity index (χ1n) is 8.26. The lowest BCUT2D eigenvalue weighted by Gasteiger charge is -2.12. The van der Waals surface area contributed by atoms with Crippen LogP contribution in [0.3, 0.4) is 0 Å². The van der Waals surface area contributed by atoms with Gasteiger partial charge in [0.2, 0.25) is 10.0 Å². The second-order valence-electron chi connectivity index (χ2n) is 6.28. The fourth-order valence-corrected chi connectivity index (χ4v) is 3.94. The van der Waals surface area contributed by atoms with Crippen molar-refractivity contribution in [3.8, 4) is 5.75 Å². The average molecular weight is 466 g/mol. The van der Waals surface area contributed by atoms with Crippen molar-refractivity contribution in [2.45, 2.75) is 18.7 Å². The highest BCUT2D eigenvalue weighted by atomic mass is 35.5. The Morgan fingerprint density at radius 1 is 1.11 bits per heavy atom. The van der Waals surface area contributed by atoms with Crippen LogP contribution in [0.1, 0.15) is 13.8 Å². The first-order chi connectivity index (χ1) is 13.1. The van der Waals surface area contributed by atoms with Crippen molar-refractivity contribution in [3.63, 3.8) is 0 Å². The Labute approximate surface area is 179 Å². The van der Waals surface area contributed by atoms with Crippen LogP contribution in [0, 0.1) is 5.92 Å². The average Bonchev–Trinajstić information content (AvgIpc) is 2.63. The van der Waals surface area contributed by atoms with Gasteiger partial charge in [0, 0.05) is 6.54 Å². The zero-order valence-electron chi connectivity index (χ0n) is 15.1. The molecule has 10 heteroatoms. The zero-order valence-corrected chi connectivity index (χ0v) is 18.2. The molecule has 2 rings (SSSR count). The van der Waals surface area contributed by atoms with Crippen LogP contribution in [0.5, 0.6) is 5.75 Å². The molecule has 0 aliphatic heterocycles. The SMILES string of the molecule is CC(C)CNS(=O)(=O)c1ccc(OCC(=O)Nc2cccc(Cl)c2Cl)c(Cl)c1. The van der Waals surface area contributed by atoms with Gasteiger partial charge in [0.25, 0.3) is 5.91 Å². The van der Waals surface area contributed by atoms with Crippen LogP contribution in [-0.2, 0) is 14.8 Å². The first-order valence-corrected chi connectivity index (χ1v) is 10.9. The van der Waals surface area contributed by atoms with Crippen molar-refractivity contribution in [2.24, 2.45) is 5.92 Å². The summed E-state index contributed by atoms with van der Waals surface area (Å²) < 4.78 is 32.3. The van der Waals surface area contributed by atoms with Gasteiger partial charge in [-0.15, -0.1) is 0 Å². The van der Waals surface area contributed by atoms with Crippen LogP contribution in [-0.4, -0.2) is 27.5 Å². The Balaban J connectivity index is 2.01. The molecular formula is C18H19Cl3N2O4S. The molecule has 0 unspecified atom stereocenters. The Morgan fingerprint density at radius 3 is 2.46 bits per heavy atom. The van der Waals surface area contributed by atoms with Crippen molar-refractivity contribution < 1.29 is 17.9 Å². The molecule has 2 aromatic rings. The van der Waals surface area contributed by atoms with Gasteiger partial charge < -0.3 is 10.1 Å². The van der Waals surface area contributed by atoms with E-state index in [9.17, 15) is 13.2 Å². The quantitative estimate of drug-likeness (QED) is 0.597. The summed E-state index contributed by atoms with van der Waals surface area (Å²) in [5.74, 6) is -0.133. The summed E-state index contributed by atoms with van der Waals surface area (Å²) >= 11 is 18.0. The molecule has 2 N–H and O–H groups in total. The van der Waals surface area contributed by atoms with Gasteiger partial charge in [-0.2, -0.15) is 0 Å². The minimum Gasteiger partial charge on any atom is -0.482 e. The van der Waals surface area contributed by atoms with E-state index in [2.05, 4.69) is 10.0 Å². The number of rotatable bonds is 8. The highest BCUT2D eigenvalue weighted by molar-refractivity contribution is 7.89. The van der Waals surface area contributed by atoms with Gasteiger partial charge in [-0.3, -0.25) is 4.79 Å². The molecule has 0 radical (unpaired) electrons. The Hall–Kier alpha value is -1.51. The maximum absolute atomic E-state index is 12.2. The Bertz CT molecular complexity index is 965. The van der Waals surface area contributed by atoms with E-state index in [1.165, 1.54) is 18.2 Å². The van der Waals surface area contributed by atoms with E-state index in [1.54, 1.807) is 18.2 Å². The molecule has 28 heavy (non-hydrogen) atoms. The number of benzene rings is 2. The standard InChI is InChI=1S/C18H19Cl3N2O4S/c1-11(2)9-22-28(25,26)12-6-7-16(14(20)8-12)27-10-17(24)23-15-5-3-4-13(19)18(15)21/h3-8,11,22H,9-10H2,1-2H3,(H,23,24). The molecule has 0 aliphatic rings. The third-order valence-electron chi connectivity index (χ3n) is 3.48. The van der Waals surface area contributed by atoms with Crippen molar-refractivity contribution in [1.82, 2.24) is 4.72 Å². The molecule has 0 saturated heterocycles. The van der Waals surface area contributed by atoms with E-state index in [0.717, 1.165) is 0 Å². The summed E-state index contributed by atoms with van der Waals surface area (Å²) in [5.41, 5.74) is 0.353. The third-order valence-corrected chi connectivity index (χ3v) is 6.02. The number of amides is 1. The smallest absolute Gasteiger partial charge is 0.262 e. The summed E-state index contributed by atoms with van der Waals surface area (Å²) in [7, 11) is -3.67. The molecule has 0 spiro atoms. The van der Waals surface area contributed by atoms with E-state index in [0.29, 0.717) is 17.3 Å².